The molecule has 6 nitrogen and oxygen atoms in total. The smallest absolute Gasteiger partial charge is 0.191 e. The first-order chi connectivity index (χ1) is 13.1. The van der Waals surface area contributed by atoms with Crippen LogP contribution in [-0.2, 0) is 13.1 Å². The number of nitrogens with one attached hydrogen (secondary N) is 2. The number of hydrogen-bond acceptors (Lipinski definition) is 4. The Balaban J connectivity index is 0.00000392. The largest absolute Gasteiger partial charge is 0.493 e. The van der Waals surface area contributed by atoms with E-state index in [9.17, 15) is 0 Å². The van der Waals surface area contributed by atoms with Gasteiger partial charge in [0.25, 0.3) is 0 Å². The molecular formula is C21H31IN4O2. The fourth-order valence-electron chi connectivity index (χ4n) is 2.59. The molecule has 0 aliphatic heterocycles. The van der Waals surface area contributed by atoms with Gasteiger partial charge in [-0.1, -0.05) is 18.2 Å². The highest BCUT2D eigenvalue weighted by molar-refractivity contribution is 14.0. The molecule has 2 aromatic rings. The molecule has 0 atom stereocenters. The van der Waals surface area contributed by atoms with Crippen molar-refractivity contribution in [2.45, 2.75) is 20.0 Å². The Bertz CT molecular complexity index is 749. The summed E-state index contributed by atoms with van der Waals surface area (Å²) in [5.74, 6) is 2.21. The zero-order chi connectivity index (χ0) is 19.6. The van der Waals surface area contributed by atoms with Crippen molar-refractivity contribution >= 4 is 35.6 Å². The topological polar surface area (TPSA) is 58.1 Å². The minimum Gasteiger partial charge on any atom is -0.493 e. The predicted octanol–water partition coefficient (Wildman–Crippen LogP) is 3.64. The second-order valence-electron chi connectivity index (χ2n) is 6.30. The van der Waals surface area contributed by atoms with E-state index in [0.29, 0.717) is 18.8 Å². The molecule has 0 heterocycles. The standard InChI is InChI=1S/C21H30N4O2.HI/c1-6-22-21(23-14-16-7-10-18(11-8-16)25(2)3)24-15-17-9-12-19(26-4)20(13-17)27-5;/h7-13H,6,14-15H2,1-5H3,(H2,22,23,24);1H. The van der Waals surface area contributed by atoms with Crippen LogP contribution < -0.4 is 25.0 Å². The van der Waals surface area contributed by atoms with Crippen LogP contribution in [0.5, 0.6) is 11.5 Å². The van der Waals surface area contributed by atoms with E-state index in [1.807, 2.05) is 32.3 Å². The van der Waals surface area contributed by atoms with Gasteiger partial charge >= 0.3 is 0 Å². The number of guanidine groups is 1. The molecule has 0 saturated heterocycles. The van der Waals surface area contributed by atoms with Gasteiger partial charge in [0.15, 0.2) is 17.5 Å². The van der Waals surface area contributed by atoms with Gasteiger partial charge in [0.1, 0.15) is 0 Å². The lowest BCUT2D eigenvalue weighted by Gasteiger charge is -2.14. The molecule has 0 amide bonds. The van der Waals surface area contributed by atoms with Gasteiger partial charge in [0, 0.05) is 32.9 Å². The fraction of sp³-hybridized carbons (Fsp3) is 0.381. The van der Waals surface area contributed by atoms with Gasteiger partial charge in [-0.15, -0.1) is 24.0 Å². The van der Waals surface area contributed by atoms with Gasteiger partial charge in [0.2, 0.25) is 0 Å². The molecule has 0 aliphatic rings. The second-order valence-corrected chi connectivity index (χ2v) is 6.30. The van der Waals surface area contributed by atoms with Crippen LogP contribution in [0.15, 0.2) is 47.5 Å². The molecule has 0 fully saturated rings. The minimum atomic E-state index is 0. The lowest BCUT2D eigenvalue weighted by atomic mass is 10.2. The van der Waals surface area contributed by atoms with Crippen LogP contribution in [0.2, 0.25) is 0 Å². The lowest BCUT2D eigenvalue weighted by Crippen LogP contribution is -2.36. The average molecular weight is 498 g/mol. The van der Waals surface area contributed by atoms with Crippen molar-refractivity contribution in [2.75, 3.05) is 39.8 Å². The Labute approximate surface area is 185 Å². The number of aliphatic imine (C=N–C) groups is 1. The molecule has 2 rings (SSSR count). The van der Waals surface area contributed by atoms with Crippen LogP contribution in [0.3, 0.4) is 0 Å². The first-order valence-corrected chi connectivity index (χ1v) is 9.06. The predicted molar refractivity (Wildman–Crippen MR) is 127 cm³/mol. The summed E-state index contributed by atoms with van der Waals surface area (Å²) < 4.78 is 10.6. The van der Waals surface area contributed by atoms with Crippen LogP contribution in [-0.4, -0.2) is 40.8 Å². The number of nitrogens with zero attached hydrogens (tertiary/aromatic N) is 2. The third kappa shape index (κ3) is 7.10. The summed E-state index contributed by atoms with van der Waals surface area (Å²) in [5.41, 5.74) is 3.45. The molecule has 2 N–H and O–H groups in total. The molecular weight excluding hydrogens is 467 g/mol. The molecule has 0 spiro atoms. The molecule has 7 heteroatoms. The first-order valence-electron chi connectivity index (χ1n) is 9.06. The summed E-state index contributed by atoms with van der Waals surface area (Å²) in [6.45, 7) is 4.12. The van der Waals surface area contributed by atoms with E-state index >= 15 is 0 Å². The Hall–Kier alpha value is -2.16. The summed E-state index contributed by atoms with van der Waals surface area (Å²) in [6, 6.07) is 14.3. The monoisotopic (exact) mass is 498 g/mol. The highest BCUT2D eigenvalue weighted by atomic mass is 127. The molecule has 0 bridgehead atoms. The van der Waals surface area contributed by atoms with E-state index in [1.54, 1.807) is 14.2 Å². The van der Waals surface area contributed by atoms with Crippen molar-refractivity contribution in [3.63, 3.8) is 0 Å². The fourth-order valence-corrected chi connectivity index (χ4v) is 2.59. The van der Waals surface area contributed by atoms with E-state index < -0.39 is 0 Å². The molecule has 0 radical (unpaired) electrons. The maximum absolute atomic E-state index is 5.35. The van der Waals surface area contributed by atoms with Crippen LogP contribution in [0.4, 0.5) is 5.69 Å². The van der Waals surface area contributed by atoms with E-state index in [1.165, 1.54) is 11.3 Å². The third-order valence-electron chi connectivity index (χ3n) is 4.12. The maximum Gasteiger partial charge on any atom is 0.191 e. The minimum absolute atomic E-state index is 0. The Morgan fingerprint density at radius 2 is 1.57 bits per heavy atom. The van der Waals surface area contributed by atoms with Crippen molar-refractivity contribution < 1.29 is 9.47 Å². The maximum atomic E-state index is 5.35. The number of rotatable bonds is 8. The van der Waals surface area contributed by atoms with Gasteiger partial charge in [-0.05, 0) is 42.3 Å². The lowest BCUT2D eigenvalue weighted by molar-refractivity contribution is 0.354. The Morgan fingerprint density at radius 3 is 2.14 bits per heavy atom. The molecule has 0 aromatic heterocycles. The van der Waals surface area contributed by atoms with E-state index in [4.69, 9.17) is 9.47 Å². The van der Waals surface area contributed by atoms with Crippen molar-refractivity contribution in [3.05, 3.63) is 53.6 Å². The van der Waals surface area contributed by atoms with Crippen molar-refractivity contribution in [3.8, 4) is 11.5 Å². The van der Waals surface area contributed by atoms with Crippen molar-refractivity contribution in [2.24, 2.45) is 4.99 Å². The van der Waals surface area contributed by atoms with Gasteiger partial charge < -0.3 is 25.0 Å². The van der Waals surface area contributed by atoms with Gasteiger partial charge in [0.05, 0.1) is 20.8 Å². The van der Waals surface area contributed by atoms with Crippen molar-refractivity contribution in [1.29, 1.82) is 0 Å². The van der Waals surface area contributed by atoms with Crippen LogP contribution in [0, 0.1) is 0 Å². The van der Waals surface area contributed by atoms with Gasteiger partial charge in [-0.2, -0.15) is 0 Å². The molecule has 0 unspecified atom stereocenters. The normalized spacial score (nSPS) is 10.7. The molecule has 0 saturated carbocycles. The summed E-state index contributed by atoms with van der Waals surface area (Å²) in [4.78, 5) is 6.75. The SMILES string of the molecule is CCNC(=NCc1ccc(OC)c(OC)c1)NCc1ccc(N(C)C)cc1.I. The van der Waals surface area contributed by atoms with E-state index in [2.05, 4.69) is 51.7 Å². The van der Waals surface area contributed by atoms with Gasteiger partial charge in [-0.25, -0.2) is 4.99 Å². The quantitative estimate of drug-likeness (QED) is 0.331. The summed E-state index contributed by atoms with van der Waals surface area (Å²) in [6.07, 6.45) is 0. The number of benzene rings is 2. The van der Waals surface area contributed by atoms with Crippen molar-refractivity contribution in [1.82, 2.24) is 10.6 Å². The highest BCUT2D eigenvalue weighted by Gasteiger charge is 2.05. The number of methoxy groups -OCH3 is 2. The summed E-state index contributed by atoms with van der Waals surface area (Å²) in [7, 11) is 7.35. The Morgan fingerprint density at radius 1 is 0.929 bits per heavy atom. The number of halogens is 1. The molecule has 154 valence electrons. The third-order valence-corrected chi connectivity index (χ3v) is 4.12. The number of ether oxygens (including phenoxy) is 2. The zero-order valence-corrected chi connectivity index (χ0v) is 19.6. The summed E-state index contributed by atoms with van der Waals surface area (Å²) in [5, 5.41) is 6.65. The van der Waals surface area contributed by atoms with E-state index in [-0.39, 0.29) is 24.0 Å². The Kier molecular flexibility index (Phi) is 10.5. The zero-order valence-electron chi connectivity index (χ0n) is 17.3. The number of anilines is 1. The molecule has 0 aliphatic carbocycles. The molecule has 2 aromatic carbocycles. The number of hydrogen-bond donors (Lipinski definition) is 2. The van der Waals surface area contributed by atoms with Crippen LogP contribution in [0.25, 0.3) is 0 Å². The average Bonchev–Trinajstić information content (AvgIpc) is 2.70. The van der Waals surface area contributed by atoms with Crippen LogP contribution >= 0.6 is 24.0 Å². The first kappa shape index (κ1) is 23.9. The van der Waals surface area contributed by atoms with E-state index in [0.717, 1.165) is 23.8 Å². The summed E-state index contributed by atoms with van der Waals surface area (Å²) >= 11 is 0. The van der Waals surface area contributed by atoms with Gasteiger partial charge in [-0.3, -0.25) is 0 Å². The highest BCUT2D eigenvalue weighted by Crippen LogP contribution is 2.27. The van der Waals surface area contributed by atoms with Crippen LogP contribution in [0.1, 0.15) is 18.1 Å². The second kappa shape index (κ2) is 12.3. The molecule has 28 heavy (non-hydrogen) atoms.